The summed E-state index contributed by atoms with van der Waals surface area (Å²) in [5, 5.41) is 32.3. The van der Waals surface area contributed by atoms with E-state index in [0.717, 1.165) is 4.90 Å². The van der Waals surface area contributed by atoms with Crippen LogP contribution in [0.2, 0.25) is 0 Å². The number of carbonyl (C=O) groups excluding carboxylic acids is 1. The molecular formula is C11H20ClN3O6. The minimum Gasteiger partial charge on any atom is -0.388 e. The number of rotatable bonds is 6. The van der Waals surface area contributed by atoms with Crippen LogP contribution in [0.3, 0.4) is 0 Å². The number of ether oxygens (including phenoxy) is 1. The van der Waals surface area contributed by atoms with Gasteiger partial charge in [-0.2, -0.15) is 5.01 Å². The molecule has 0 bridgehead atoms. The summed E-state index contributed by atoms with van der Waals surface area (Å²) in [4.78, 5) is 24.0. The van der Waals surface area contributed by atoms with Crippen LogP contribution in [0.1, 0.15) is 13.3 Å². The van der Waals surface area contributed by atoms with Gasteiger partial charge in [0.25, 0.3) is 0 Å². The fourth-order valence-corrected chi connectivity index (χ4v) is 2.20. The maximum atomic E-state index is 12.3. The second kappa shape index (κ2) is 8.44. The lowest BCUT2D eigenvalue weighted by Gasteiger charge is -2.41. The minimum atomic E-state index is -1.49. The lowest BCUT2D eigenvalue weighted by molar-refractivity contribution is -0.220. The SMILES string of the molecule is CCCN(C(=O)N(CCCl)N=O)[C@@H]1OC[C@@H](O)[C@@H](O)[C@@H]1O. The Hall–Kier alpha value is -1.00. The smallest absolute Gasteiger partial charge is 0.345 e. The Balaban J connectivity index is 2.89. The number of carbonyl (C=O) groups is 1. The molecule has 1 saturated heterocycles. The van der Waals surface area contributed by atoms with Crippen LogP contribution >= 0.6 is 11.6 Å². The normalized spacial score (nSPS) is 29.0. The standard InChI is InChI=1S/C11H20ClN3O6/c1-2-4-14(11(19)15(13-20)5-3-12)10-9(18)8(17)7(16)6-21-10/h7-10,16-18H,2-6H2,1H3/t7-,8-,9+,10-/m1/s1. The lowest BCUT2D eigenvalue weighted by Crippen LogP contribution is -2.61. The number of alkyl halides is 1. The molecule has 0 saturated carbocycles. The van der Waals surface area contributed by atoms with Gasteiger partial charge in [-0.05, 0) is 6.42 Å². The third-order valence-corrected chi connectivity index (χ3v) is 3.28. The molecule has 0 radical (unpaired) electrons. The summed E-state index contributed by atoms with van der Waals surface area (Å²) < 4.78 is 5.22. The number of aliphatic hydroxyl groups excluding tert-OH is 3. The van der Waals surface area contributed by atoms with E-state index < -0.39 is 30.6 Å². The number of nitroso groups, excluding NO2 is 1. The van der Waals surface area contributed by atoms with E-state index >= 15 is 0 Å². The number of nitrogens with zero attached hydrogens (tertiary/aromatic N) is 3. The molecule has 4 atom stereocenters. The van der Waals surface area contributed by atoms with Crippen LogP contribution in [-0.4, -0.2) is 81.4 Å². The summed E-state index contributed by atoms with van der Waals surface area (Å²) in [6, 6.07) is -0.778. The van der Waals surface area contributed by atoms with Crippen molar-refractivity contribution in [2.24, 2.45) is 5.29 Å². The van der Waals surface area contributed by atoms with Gasteiger partial charge in [-0.3, -0.25) is 4.90 Å². The molecule has 9 nitrogen and oxygen atoms in total. The van der Waals surface area contributed by atoms with Crippen LogP contribution in [0, 0.1) is 4.91 Å². The average molecular weight is 326 g/mol. The number of halogens is 1. The predicted octanol–water partition coefficient (Wildman–Crippen LogP) is -0.520. The second-order valence-corrected chi connectivity index (χ2v) is 5.02. The molecule has 122 valence electrons. The summed E-state index contributed by atoms with van der Waals surface area (Å²) in [7, 11) is 0. The van der Waals surface area contributed by atoms with Crippen LogP contribution in [0.4, 0.5) is 4.79 Å². The van der Waals surface area contributed by atoms with E-state index in [4.69, 9.17) is 16.3 Å². The summed E-state index contributed by atoms with van der Waals surface area (Å²) in [6.07, 6.45) is -4.81. The van der Waals surface area contributed by atoms with E-state index in [1.165, 1.54) is 0 Å². The molecule has 0 spiro atoms. The molecule has 2 amide bonds. The molecule has 1 fully saturated rings. The maximum absolute atomic E-state index is 12.3. The Kier molecular flexibility index (Phi) is 7.26. The van der Waals surface area contributed by atoms with Gasteiger partial charge in [0.2, 0.25) is 0 Å². The highest BCUT2D eigenvalue weighted by molar-refractivity contribution is 6.18. The molecule has 0 aromatic carbocycles. The fraction of sp³-hybridized carbons (Fsp3) is 0.909. The highest BCUT2D eigenvalue weighted by Crippen LogP contribution is 2.20. The highest BCUT2D eigenvalue weighted by atomic mass is 35.5. The summed E-state index contributed by atoms with van der Waals surface area (Å²) in [5.74, 6) is 0.0207. The molecule has 1 aliphatic rings. The van der Waals surface area contributed by atoms with Crippen molar-refractivity contribution >= 4 is 17.6 Å². The Morgan fingerprint density at radius 1 is 1.33 bits per heavy atom. The summed E-state index contributed by atoms with van der Waals surface area (Å²) in [6.45, 7) is 1.65. The van der Waals surface area contributed by atoms with Crippen LogP contribution in [0.25, 0.3) is 0 Å². The van der Waals surface area contributed by atoms with Crippen molar-refractivity contribution in [3.63, 3.8) is 0 Å². The first-order valence-electron chi connectivity index (χ1n) is 6.61. The van der Waals surface area contributed by atoms with Gasteiger partial charge in [-0.1, -0.05) is 6.92 Å². The van der Waals surface area contributed by atoms with E-state index in [1.807, 2.05) is 0 Å². The van der Waals surface area contributed by atoms with Gasteiger partial charge in [0.15, 0.2) is 6.23 Å². The van der Waals surface area contributed by atoms with E-state index in [2.05, 4.69) is 5.29 Å². The summed E-state index contributed by atoms with van der Waals surface area (Å²) >= 11 is 5.49. The van der Waals surface area contributed by atoms with Gasteiger partial charge in [0, 0.05) is 12.4 Å². The topological polar surface area (TPSA) is 123 Å². The molecule has 1 heterocycles. The first-order valence-corrected chi connectivity index (χ1v) is 7.14. The first kappa shape index (κ1) is 18.1. The van der Waals surface area contributed by atoms with Crippen molar-refractivity contribution in [1.29, 1.82) is 0 Å². The average Bonchev–Trinajstić information content (AvgIpc) is 2.48. The number of aliphatic hydroxyl groups is 3. The van der Waals surface area contributed by atoms with Gasteiger partial charge in [0.05, 0.1) is 18.4 Å². The number of hydrogen-bond acceptors (Lipinski definition) is 7. The molecule has 1 aliphatic heterocycles. The van der Waals surface area contributed by atoms with E-state index in [-0.39, 0.29) is 25.6 Å². The zero-order valence-electron chi connectivity index (χ0n) is 11.6. The largest absolute Gasteiger partial charge is 0.388 e. The van der Waals surface area contributed by atoms with Crippen LogP contribution in [0.15, 0.2) is 5.29 Å². The first-order chi connectivity index (χ1) is 9.97. The van der Waals surface area contributed by atoms with Crippen molar-refractivity contribution in [2.45, 2.75) is 37.9 Å². The number of amides is 2. The van der Waals surface area contributed by atoms with Gasteiger partial charge < -0.3 is 20.1 Å². The molecule has 0 aliphatic carbocycles. The van der Waals surface area contributed by atoms with Crippen molar-refractivity contribution in [2.75, 3.05) is 25.6 Å². The Bertz CT molecular complexity index is 361. The van der Waals surface area contributed by atoms with Crippen molar-refractivity contribution in [1.82, 2.24) is 9.91 Å². The molecule has 3 N–H and O–H groups in total. The van der Waals surface area contributed by atoms with Gasteiger partial charge in [0.1, 0.15) is 18.3 Å². The predicted molar refractivity (Wildman–Crippen MR) is 73.4 cm³/mol. The molecule has 0 aromatic heterocycles. The fourth-order valence-electron chi connectivity index (χ4n) is 2.04. The second-order valence-electron chi connectivity index (χ2n) is 4.64. The Morgan fingerprint density at radius 3 is 2.52 bits per heavy atom. The van der Waals surface area contributed by atoms with E-state index in [1.54, 1.807) is 6.92 Å². The third kappa shape index (κ3) is 4.24. The van der Waals surface area contributed by atoms with E-state index in [9.17, 15) is 25.0 Å². The molecule has 0 unspecified atom stereocenters. The highest BCUT2D eigenvalue weighted by Gasteiger charge is 2.43. The number of hydrogen-bond donors (Lipinski definition) is 3. The lowest BCUT2D eigenvalue weighted by atomic mass is 10.0. The van der Waals surface area contributed by atoms with Crippen LogP contribution in [-0.2, 0) is 4.74 Å². The zero-order valence-corrected chi connectivity index (χ0v) is 12.4. The molecule has 10 heteroatoms. The summed E-state index contributed by atoms with van der Waals surface area (Å²) in [5.41, 5.74) is 0. The number of urea groups is 1. The molecule has 21 heavy (non-hydrogen) atoms. The monoisotopic (exact) mass is 325 g/mol. The van der Waals surface area contributed by atoms with Crippen LogP contribution in [0.5, 0.6) is 0 Å². The van der Waals surface area contributed by atoms with Gasteiger partial charge >= 0.3 is 6.03 Å². The van der Waals surface area contributed by atoms with Gasteiger partial charge in [-0.15, -0.1) is 16.5 Å². The minimum absolute atomic E-state index is 0.0207. The van der Waals surface area contributed by atoms with Crippen molar-refractivity contribution in [3.8, 4) is 0 Å². The molecule has 1 rings (SSSR count). The zero-order chi connectivity index (χ0) is 16.0. The van der Waals surface area contributed by atoms with Gasteiger partial charge in [-0.25, -0.2) is 4.79 Å². The molecular weight excluding hydrogens is 306 g/mol. The van der Waals surface area contributed by atoms with E-state index in [0.29, 0.717) is 11.4 Å². The Morgan fingerprint density at radius 2 is 2.00 bits per heavy atom. The molecule has 0 aromatic rings. The quantitative estimate of drug-likeness (QED) is 0.343. The third-order valence-electron chi connectivity index (χ3n) is 3.11. The van der Waals surface area contributed by atoms with Crippen LogP contribution < -0.4 is 0 Å². The van der Waals surface area contributed by atoms with Crippen molar-refractivity contribution in [3.05, 3.63) is 4.91 Å². The Labute approximate surface area is 127 Å². The van der Waals surface area contributed by atoms with Crippen molar-refractivity contribution < 1.29 is 24.9 Å². The maximum Gasteiger partial charge on any atom is 0.345 e.